The number of hydrogen-bond acceptors (Lipinski definition) is 3. The molecule has 0 fully saturated rings. The maximum atomic E-state index is 11.9. The van der Waals surface area contributed by atoms with E-state index in [1.54, 1.807) is 7.11 Å². The maximum Gasteiger partial charge on any atom is 0.261 e. The molecule has 0 aliphatic carbocycles. The minimum absolute atomic E-state index is 0.0414. The minimum atomic E-state index is -0.0466. The Morgan fingerprint density at radius 2 is 2.17 bits per heavy atom. The third-order valence-corrected chi connectivity index (χ3v) is 3.55. The molecule has 1 amide bonds. The van der Waals surface area contributed by atoms with Gasteiger partial charge >= 0.3 is 0 Å². The van der Waals surface area contributed by atoms with Gasteiger partial charge in [0.05, 0.1) is 18.0 Å². The van der Waals surface area contributed by atoms with Crippen LogP contribution in [0.15, 0.2) is 41.8 Å². The van der Waals surface area contributed by atoms with Crippen molar-refractivity contribution in [1.82, 2.24) is 5.32 Å². The lowest BCUT2D eigenvalue weighted by molar-refractivity contribution is 0.0944. The summed E-state index contributed by atoms with van der Waals surface area (Å²) in [5.41, 5.74) is 1.03. The molecule has 94 valence electrons. The van der Waals surface area contributed by atoms with Gasteiger partial charge in [0.15, 0.2) is 0 Å². The fourth-order valence-electron chi connectivity index (χ4n) is 1.67. The summed E-state index contributed by atoms with van der Waals surface area (Å²) in [6.07, 6.45) is 0. The van der Waals surface area contributed by atoms with Gasteiger partial charge in [-0.25, -0.2) is 0 Å². The number of methoxy groups -OCH3 is 1. The van der Waals surface area contributed by atoms with Crippen LogP contribution in [0.25, 0.3) is 0 Å². The number of nitrogens with one attached hydrogen (secondary N) is 1. The molecular formula is C14H15NO2S. The quantitative estimate of drug-likeness (QED) is 0.917. The van der Waals surface area contributed by atoms with E-state index in [0.29, 0.717) is 0 Å². The Balaban J connectivity index is 2.07. The van der Waals surface area contributed by atoms with E-state index < -0.39 is 0 Å². The molecule has 0 saturated carbocycles. The van der Waals surface area contributed by atoms with Gasteiger partial charge < -0.3 is 10.1 Å². The van der Waals surface area contributed by atoms with Crippen LogP contribution in [0.5, 0.6) is 5.75 Å². The predicted octanol–water partition coefficient (Wildman–Crippen LogP) is 3.25. The van der Waals surface area contributed by atoms with Crippen LogP contribution in [-0.4, -0.2) is 13.0 Å². The first kappa shape index (κ1) is 12.6. The van der Waals surface area contributed by atoms with Gasteiger partial charge in [-0.3, -0.25) is 4.79 Å². The zero-order chi connectivity index (χ0) is 13.0. The number of carbonyl (C=O) groups excluding carboxylic acids is 1. The van der Waals surface area contributed by atoms with Crippen molar-refractivity contribution in [3.05, 3.63) is 52.2 Å². The van der Waals surface area contributed by atoms with E-state index in [4.69, 9.17) is 4.74 Å². The fourth-order valence-corrected chi connectivity index (χ4v) is 2.30. The molecule has 2 rings (SSSR count). The highest BCUT2D eigenvalue weighted by Gasteiger charge is 2.12. The van der Waals surface area contributed by atoms with E-state index in [1.807, 2.05) is 48.7 Å². The fraction of sp³-hybridized carbons (Fsp3) is 0.214. The highest BCUT2D eigenvalue weighted by Crippen LogP contribution is 2.19. The first-order valence-electron chi connectivity index (χ1n) is 5.69. The van der Waals surface area contributed by atoms with Crippen molar-refractivity contribution in [2.45, 2.75) is 13.0 Å². The molecule has 1 heterocycles. The minimum Gasteiger partial charge on any atom is -0.497 e. The molecule has 1 aromatic heterocycles. The molecule has 0 aliphatic heterocycles. The third-order valence-electron chi connectivity index (χ3n) is 2.69. The molecule has 0 radical (unpaired) electrons. The molecule has 2 aromatic rings. The SMILES string of the molecule is COc1cccc([C@H](C)NC(=O)c2cccs2)c1. The number of rotatable bonds is 4. The van der Waals surface area contributed by atoms with Crippen LogP contribution >= 0.6 is 11.3 Å². The Labute approximate surface area is 110 Å². The van der Waals surface area contributed by atoms with Gasteiger partial charge in [0.25, 0.3) is 5.91 Å². The average Bonchev–Trinajstić information content (AvgIpc) is 2.92. The number of hydrogen-bond donors (Lipinski definition) is 1. The number of ether oxygens (including phenoxy) is 1. The maximum absolute atomic E-state index is 11.9. The monoisotopic (exact) mass is 261 g/mol. The third kappa shape index (κ3) is 2.90. The second-order valence-electron chi connectivity index (χ2n) is 3.95. The van der Waals surface area contributed by atoms with Gasteiger partial charge in [0.2, 0.25) is 0 Å². The standard InChI is InChI=1S/C14H15NO2S/c1-10(11-5-3-6-12(9-11)17-2)15-14(16)13-7-4-8-18-13/h3-10H,1-2H3,(H,15,16)/t10-/m0/s1. The van der Waals surface area contributed by atoms with Crippen molar-refractivity contribution in [3.63, 3.8) is 0 Å². The molecule has 3 nitrogen and oxygen atoms in total. The van der Waals surface area contributed by atoms with Crippen molar-refractivity contribution in [2.75, 3.05) is 7.11 Å². The molecule has 1 N–H and O–H groups in total. The summed E-state index contributed by atoms with van der Waals surface area (Å²) in [6, 6.07) is 11.4. The highest BCUT2D eigenvalue weighted by molar-refractivity contribution is 7.12. The molecule has 1 aromatic carbocycles. The van der Waals surface area contributed by atoms with Crippen LogP contribution in [-0.2, 0) is 0 Å². The molecular weight excluding hydrogens is 246 g/mol. The van der Waals surface area contributed by atoms with Gasteiger partial charge in [0.1, 0.15) is 5.75 Å². The average molecular weight is 261 g/mol. The van der Waals surface area contributed by atoms with Crippen molar-refractivity contribution < 1.29 is 9.53 Å². The van der Waals surface area contributed by atoms with Crippen molar-refractivity contribution >= 4 is 17.2 Å². The molecule has 0 spiro atoms. The molecule has 0 saturated heterocycles. The smallest absolute Gasteiger partial charge is 0.261 e. The largest absolute Gasteiger partial charge is 0.497 e. The lowest BCUT2D eigenvalue weighted by Gasteiger charge is -2.14. The van der Waals surface area contributed by atoms with Gasteiger partial charge in [-0.1, -0.05) is 18.2 Å². The Morgan fingerprint density at radius 1 is 1.33 bits per heavy atom. The summed E-state index contributed by atoms with van der Waals surface area (Å²) in [6.45, 7) is 1.96. The summed E-state index contributed by atoms with van der Waals surface area (Å²) in [7, 11) is 1.63. The molecule has 0 aliphatic rings. The second-order valence-corrected chi connectivity index (χ2v) is 4.90. The normalized spacial score (nSPS) is 11.9. The van der Waals surface area contributed by atoms with E-state index in [-0.39, 0.29) is 11.9 Å². The summed E-state index contributed by atoms with van der Waals surface area (Å²) in [5.74, 6) is 0.755. The molecule has 0 unspecified atom stereocenters. The molecule has 1 atom stereocenters. The zero-order valence-electron chi connectivity index (χ0n) is 10.3. The first-order valence-corrected chi connectivity index (χ1v) is 6.57. The predicted molar refractivity (Wildman–Crippen MR) is 73.2 cm³/mol. The number of carbonyl (C=O) groups is 1. The number of amides is 1. The van der Waals surface area contributed by atoms with E-state index >= 15 is 0 Å². The Hall–Kier alpha value is -1.81. The van der Waals surface area contributed by atoms with Crippen LogP contribution in [0, 0.1) is 0 Å². The molecule has 0 bridgehead atoms. The van der Waals surface area contributed by atoms with Gasteiger partial charge in [-0.05, 0) is 36.1 Å². The Kier molecular flexibility index (Phi) is 3.99. The van der Waals surface area contributed by atoms with Crippen LogP contribution in [0.4, 0.5) is 0 Å². The summed E-state index contributed by atoms with van der Waals surface area (Å²) in [5, 5.41) is 4.86. The summed E-state index contributed by atoms with van der Waals surface area (Å²) < 4.78 is 5.17. The van der Waals surface area contributed by atoms with Gasteiger partial charge in [0, 0.05) is 0 Å². The van der Waals surface area contributed by atoms with Crippen molar-refractivity contribution in [1.29, 1.82) is 0 Å². The Bertz CT molecular complexity index is 522. The lowest BCUT2D eigenvalue weighted by Crippen LogP contribution is -2.25. The van der Waals surface area contributed by atoms with E-state index in [9.17, 15) is 4.79 Å². The van der Waals surface area contributed by atoms with Crippen LogP contribution in [0.3, 0.4) is 0 Å². The van der Waals surface area contributed by atoms with Gasteiger partial charge in [-0.15, -0.1) is 11.3 Å². The second kappa shape index (κ2) is 5.69. The first-order chi connectivity index (χ1) is 8.70. The van der Waals surface area contributed by atoms with Crippen LogP contribution in [0.2, 0.25) is 0 Å². The van der Waals surface area contributed by atoms with Crippen molar-refractivity contribution in [2.24, 2.45) is 0 Å². The van der Waals surface area contributed by atoms with E-state index in [0.717, 1.165) is 16.2 Å². The molecule has 18 heavy (non-hydrogen) atoms. The Morgan fingerprint density at radius 3 is 2.83 bits per heavy atom. The molecule has 4 heteroatoms. The lowest BCUT2D eigenvalue weighted by atomic mass is 10.1. The number of thiophene rings is 1. The van der Waals surface area contributed by atoms with Crippen LogP contribution in [0.1, 0.15) is 28.2 Å². The number of benzene rings is 1. The summed E-state index contributed by atoms with van der Waals surface area (Å²) >= 11 is 1.44. The van der Waals surface area contributed by atoms with E-state index in [1.165, 1.54) is 11.3 Å². The highest BCUT2D eigenvalue weighted by atomic mass is 32.1. The van der Waals surface area contributed by atoms with Gasteiger partial charge in [-0.2, -0.15) is 0 Å². The zero-order valence-corrected chi connectivity index (χ0v) is 11.2. The summed E-state index contributed by atoms with van der Waals surface area (Å²) in [4.78, 5) is 12.6. The topological polar surface area (TPSA) is 38.3 Å². The van der Waals surface area contributed by atoms with Crippen molar-refractivity contribution in [3.8, 4) is 5.75 Å². The van der Waals surface area contributed by atoms with Crippen LogP contribution < -0.4 is 10.1 Å². The van der Waals surface area contributed by atoms with E-state index in [2.05, 4.69) is 5.32 Å².